The van der Waals surface area contributed by atoms with E-state index in [0.717, 1.165) is 22.4 Å². The van der Waals surface area contributed by atoms with Crippen molar-refractivity contribution in [1.29, 1.82) is 0 Å². The highest BCUT2D eigenvalue weighted by molar-refractivity contribution is 7.80. The maximum absolute atomic E-state index is 10.6. The number of hydrogen-bond acceptors (Lipinski definition) is 3. The standard InChI is InChI=1S/C12H15NO2S/c1-2-11(16)9-5-3-8(4-6-9)7-10(13)12(14)15/h3-6,10H,2,7,13H2,1H3,(H,14,15). The van der Waals surface area contributed by atoms with Gasteiger partial charge in [0.25, 0.3) is 0 Å². The van der Waals surface area contributed by atoms with Crippen LogP contribution in [0.15, 0.2) is 24.3 Å². The van der Waals surface area contributed by atoms with E-state index < -0.39 is 12.0 Å². The van der Waals surface area contributed by atoms with Crippen molar-refractivity contribution in [2.45, 2.75) is 25.8 Å². The minimum atomic E-state index is -0.979. The monoisotopic (exact) mass is 237 g/mol. The predicted molar refractivity (Wildman–Crippen MR) is 67.7 cm³/mol. The molecule has 1 aromatic rings. The van der Waals surface area contributed by atoms with Crippen molar-refractivity contribution in [2.75, 3.05) is 0 Å². The second-order valence-electron chi connectivity index (χ2n) is 3.62. The molecular weight excluding hydrogens is 222 g/mol. The first kappa shape index (κ1) is 12.8. The lowest BCUT2D eigenvalue weighted by Gasteiger charge is -2.07. The van der Waals surface area contributed by atoms with E-state index >= 15 is 0 Å². The normalized spacial score (nSPS) is 12.1. The fourth-order valence-corrected chi connectivity index (χ4v) is 1.51. The molecule has 16 heavy (non-hydrogen) atoms. The van der Waals surface area contributed by atoms with E-state index in [4.69, 9.17) is 23.1 Å². The Morgan fingerprint density at radius 2 is 2.00 bits per heavy atom. The molecule has 0 aliphatic carbocycles. The molecule has 0 heterocycles. The number of thiocarbonyl (C=S) groups is 1. The fraction of sp³-hybridized carbons (Fsp3) is 0.333. The van der Waals surface area contributed by atoms with Gasteiger partial charge in [0.1, 0.15) is 6.04 Å². The summed E-state index contributed by atoms with van der Waals surface area (Å²) in [7, 11) is 0. The van der Waals surface area contributed by atoms with Gasteiger partial charge in [0.2, 0.25) is 0 Å². The molecule has 0 bridgehead atoms. The Morgan fingerprint density at radius 1 is 1.44 bits per heavy atom. The topological polar surface area (TPSA) is 63.3 Å². The minimum Gasteiger partial charge on any atom is -0.480 e. The first-order chi connectivity index (χ1) is 7.54. The summed E-state index contributed by atoms with van der Waals surface area (Å²) >= 11 is 5.18. The van der Waals surface area contributed by atoms with Gasteiger partial charge in [-0.3, -0.25) is 4.79 Å². The van der Waals surface area contributed by atoms with Crippen molar-refractivity contribution in [3.63, 3.8) is 0 Å². The van der Waals surface area contributed by atoms with Gasteiger partial charge >= 0.3 is 5.97 Å². The molecule has 1 rings (SSSR count). The third-order valence-electron chi connectivity index (χ3n) is 2.37. The lowest BCUT2D eigenvalue weighted by atomic mass is 10.0. The first-order valence-electron chi connectivity index (χ1n) is 5.15. The van der Waals surface area contributed by atoms with Gasteiger partial charge in [-0.15, -0.1) is 0 Å². The van der Waals surface area contributed by atoms with Crippen molar-refractivity contribution in [3.8, 4) is 0 Å². The van der Waals surface area contributed by atoms with Crippen LogP contribution in [0, 0.1) is 0 Å². The third-order valence-corrected chi connectivity index (χ3v) is 2.89. The smallest absolute Gasteiger partial charge is 0.320 e. The van der Waals surface area contributed by atoms with Crippen LogP contribution in [0.1, 0.15) is 24.5 Å². The second kappa shape index (κ2) is 5.72. The maximum Gasteiger partial charge on any atom is 0.320 e. The quantitative estimate of drug-likeness (QED) is 0.605. The zero-order chi connectivity index (χ0) is 12.1. The van der Waals surface area contributed by atoms with E-state index in [1.165, 1.54) is 0 Å². The highest BCUT2D eigenvalue weighted by atomic mass is 32.1. The molecule has 3 nitrogen and oxygen atoms in total. The van der Waals surface area contributed by atoms with Crippen LogP contribution in [0.3, 0.4) is 0 Å². The number of nitrogens with two attached hydrogens (primary N) is 1. The highest BCUT2D eigenvalue weighted by Gasteiger charge is 2.11. The van der Waals surface area contributed by atoms with Gasteiger partial charge in [-0.05, 0) is 24.0 Å². The maximum atomic E-state index is 10.6. The van der Waals surface area contributed by atoms with Crippen LogP contribution < -0.4 is 5.73 Å². The van der Waals surface area contributed by atoms with E-state index in [9.17, 15) is 4.79 Å². The largest absolute Gasteiger partial charge is 0.480 e. The Balaban J connectivity index is 2.72. The molecule has 0 spiro atoms. The summed E-state index contributed by atoms with van der Waals surface area (Å²) < 4.78 is 0. The SMILES string of the molecule is CCC(=S)c1ccc(CC(N)C(=O)O)cc1. The van der Waals surface area contributed by atoms with Crippen LogP contribution in [0.5, 0.6) is 0 Å². The lowest BCUT2D eigenvalue weighted by molar-refractivity contribution is -0.138. The molecule has 1 aromatic carbocycles. The van der Waals surface area contributed by atoms with Gasteiger partial charge in [0.15, 0.2) is 0 Å². The van der Waals surface area contributed by atoms with Gasteiger partial charge in [0, 0.05) is 4.86 Å². The van der Waals surface area contributed by atoms with Gasteiger partial charge in [-0.1, -0.05) is 43.4 Å². The molecule has 0 aromatic heterocycles. The summed E-state index contributed by atoms with van der Waals surface area (Å²) in [4.78, 5) is 11.5. The molecule has 0 fully saturated rings. The van der Waals surface area contributed by atoms with Gasteiger partial charge in [0.05, 0.1) is 0 Å². The van der Waals surface area contributed by atoms with Crippen LogP contribution in [-0.2, 0) is 11.2 Å². The summed E-state index contributed by atoms with van der Waals surface area (Å²) in [6.45, 7) is 2.01. The Morgan fingerprint density at radius 3 is 2.44 bits per heavy atom. The van der Waals surface area contributed by atoms with Crippen LogP contribution in [-0.4, -0.2) is 22.0 Å². The fourth-order valence-electron chi connectivity index (χ4n) is 1.37. The minimum absolute atomic E-state index is 0.342. The Labute approximate surface area is 100 Å². The van der Waals surface area contributed by atoms with Crippen molar-refractivity contribution in [3.05, 3.63) is 35.4 Å². The van der Waals surface area contributed by atoms with Crippen molar-refractivity contribution >= 4 is 23.1 Å². The zero-order valence-electron chi connectivity index (χ0n) is 9.14. The third kappa shape index (κ3) is 3.40. The summed E-state index contributed by atoms with van der Waals surface area (Å²) in [6, 6.07) is 6.73. The Kier molecular flexibility index (Phi) is 4.58. The second-order valence-corrected chi connectivity index (χ2v) is 4.12. The lowest BCUT2D eigenvalue weighted by Crippen LogP contribution is -2.32. The van der Waals surface area contributed by atoms with Crippen molar-refractivity contribution in [2.24, 2.45) is 5.73 Å². The van der Waals surface area contributed by atoms with Crippen LogP contribution >= 0.6 is 12.2 Å². The van der Waals surface area contributed by atoms with Crippen LogP contribution in [0.4, 0.5) is 0 Å². The molecule has 0 amide bonds. The summed E-state index contributed by atoms with van der Waals surface area (Å²) in [6.07, 6.45) is 1.18. The number of carboxylic acid groups (broad SMARTS) is 1. The Bertz CT molecular complexity index is 387. The number of aliphatic carboxylic acids is 1. The molecule has 1 unspecified atom stereocenters. The predicted octanol–water partition coefficient (Wildman–Crippen LogP) is 1.77. The molecule has 0 aliphatic heterocycles. The summed E-state index contributed by atoms with van der Waals surface area (Å²) in [5.74, 6) is -0.979. The van der Waals surface area contributed by atoms with Gasteiger partial charge < -0.3 is 10.8 Å². The van der Waals surface area contributed by atoms with Gasteiger partial charge in [-0.2, -0.15) is 0 Å². The molecule has 3 N–H and O–H groups in total. The molecular formula is C12H15NO2S. The molecule has 0 aliphatic rings. The van der Waals surface area contributed by atoms with Gasteiger partial charge in [-0.25, -0.2) is 0 Å². The van der Waals surface area contributed by atoms with E-state index in [1.807, 2.05) is 31.2 Å². The molecule has 0 saturated carbocycles. The number of carboxylic acids is 1. The van der Waals surface area contributed by atoms with Crippen LogP contribution in [0.2, 0.25) is 0 Å². The van der Waals surface area contributed by atoms with E-state index in [-0.39, 0.29) is 0 Å². The highest BCUT2D eigenvalue weighted by Crippen LogP contribution is 2.09. The van der Waals surface area contributed by atoms with E-state index in [0.29, 0.717) is 6.42 Å². The van der Waals surface area contributed by atoms with E-state index in [1.54, 1.807) is 0 Å². The molecule has 1 atom stereocenters. The molecule has 4 heteroatoms. The number of hydrogen-bond donors (Lipinski definition) is 2. The van der Waals surface area contributed by atoms with E-state index in [2.05, 4.69) is 0 Å². The summed E-state index contributed by atoms with van der Waals surface area (Å²) in [5.41, 5.74) is 7.38. The zero-order valence-corrected chi connectivity index (χ0v) is 9.96. The van der Waals surface area contributed by atoms with Crippen molar-refractivity contribution in [1.82, 2.24) is 0 Å². The number of carbonyl (C=O) groups is 1. The average molecular weight is 237 g/mol. The molecule has 0 radical (unpaired) electrons. The Hall–Kier alpha value is -1.26. The van der Waals surface area contributed by atoms with Crippen LogP contribution in [0.25, 0.3) is 0 Å². The molecule has 0 saturated heterocycles. The first-order valence-corrected chi connectivity index (χ1v) is 5.56. The summed E-state index contributed by atoms with van der Waals surface area (Å²) in [5, 5.41) is 8.68. The average Bonchev–Trinajstić information content (AvgIpc) is 2.28. The number of benzene rings is 1. The van der Waals surface area contributed by atoms with Crippen molar-refractivity contribution < 1.29 is 9.90 Å². The number of rotatable bonds is 5. The molecule has 86 valence electrons.